The van der Waals surface area contributed by atoms with Crippen LogP contribution in [0.2, 0.25) is 0 Å². The number of pyridine rings is 1. The van der Waals surface area contributed by atoms with Crippen molar-refractivity contribution in [3.8, 4) is 11.3 Å². The minimum atomic E-state index is -3.85. The largest absolute Gasteiger partial charge is 0.453 e. The Balaban J connectivity index is 2.11. The highest BCUT2D eigenvalue weighted by Gasteiger charge is 2.29. The van der Waals surface area contributed by atoms with Gasteiger partial charge in [-0.15, -0.1) is 0 Å². The van der Waals surface area contributed by atoms with Crippen molar-refractivity contribution in [3.05, 3.63) is 59.2 Å². The molecule has 0 N–H and O–H groups in total. The van der Waals surface area contributed by atoms with Gasteiger partial charge in [0.2, 0.25) is 0 Å². The van der Waals surface area contributed by atoms with Gasteiger partial charge in [-0.2, -0.15) is 11.3 Å². The van der Waals surface area contributed by atoms with Crippen LogP contribution in [0.25, 0.3) is 11.3 Å². The van der Waals surface area contributed by atoms with E-state index >= 15 is 0 Å². The minimum Gasteiger partial charge on any atom is -0.453 e. The lowest BCUT2D eigenvalue weighted by Gasteiger charge is -2.34. The Morgan fingerprint density at radius 2 is 2.07 bits per heavy atom. The number of ether oxygens (including phenoxy) is 1. The van der Waals surface area contributed by atoms with Crippen molar-refractivity contribution in [2.24, 2.45) is 0 Å². The van der Waals surface area contributed by atoms with E-state index in [9.17, 15) is 13.2 Å². The van der Waals surface area contributed by atoms with Crippen LogP contribution in [0.5, 0.6) is 0 Å². The lowest BCUT2D eigenvalue weighted by molar-refractivity contribution is 0.0793. The van der Waals surface area contributed by atoms with Gasteiger partial charge in [0, 0.05) is 35.1 Å². The van der Waals surface area contributed by atoms with Crippen LogP contribution in [0, 0.1) is 0 Å². The molecule has 3 heterocycles. The van der Waals surface area contributed by atoms with E-state index in [1.165, 1.54) is 40.9 Å². The average molecular weight is 434 g/mol. The van der Waals surface area contributed by atoms with E-state index < -0.39 is 21.7 Å². The lowest BCUT2D eigenvalue weighted by Crippen LogP contribution is -2.44. The normalized spacial score (nSPS) is 12.0. The summed E-state index contributed by atoms with van der Waals surface area (Å²) in [7, 11) is -2.52. The average Bonchev–Trinajstić information content (AvgIpc) is 3.35. The highest BCUT2D eigenvalue weighted by atomic mass is 32.2. The first kappa shape index (κ1) is 21.1. The minimum absolute atomic E-state index is 0.0966. The van der Waals surface area contributed by atoms with Gasteiger partial charge in [-0.1, -0.05) is 0 Å². The van der Waals surface area contributed by atoms with E-state index in [0.717, 1.165) is 5.56 Å². The number of hydrogen-bond acceptors (Lipinski definition) is 6. The summed E-state index contributed by atoms with van der Waals surface area (Å²) in [5, 5.41) is 3.77. The van der Waals surface area contributed by atoms with Crippen molar-refractivity contribution in [2.45, 2.75) is 37.8 Å². The first-order valence-corrected chi connectivity index (χ1v) is 11.3. The molecular formula is C20H23N3O4S2. The molecular weight excluding hydrogens is 410 g/mol. The van der Waals surface area contributed by atoms with Crippen molar-refractivity contribution in [3.63, 3.8) is 0 Å². The Hall–Kier alpha value is -2.65. The van der Waals surface area contributed by atoms with Gasteiger partial charge >= 0.3 is 6.09 Å². The molecule has 0 radical (unpaired) electrons. The maximum absolute atomic E-state index is 13.3. The lowest BCUT2D eigenvalue weighted by atomic mass is 10.1. The van der Waals surface area contributed by atoms with Crippen LogP contribution in [-0.4, -0.2) is 41.0 Å². The molecule has 7 nitrogen and oxygen atoms in total. The van der Waals surface area contributed by atoms with Crippen molar-refractivity contribution in [1.29, 1.82) is 0 Å². The summed E-state index contributed by atoms with van der Waals surface area (Å²) in [5.41, 5.74) is 1.50. The van der Waals surface area contributed by atoms with E-state index in [4.69, 9.17) is 4.74 Å². The number of nitrogens with zero attached hydrogens (tertiary/aromatic N) is 3. The first-order chi connectivity index (χ1) is 13.6. The zero-order valence-electron chi connectivity index (χ0n) is 16.7. The number of hydrogen-bond donors (Lipinski definition) is 0. The molecule has 3 rings (SSSR count). The molecule has 0 saturated carbocycles. The number of thiophene rings is 1. The fourth-order valence-electron chi connectivity index (χ4n) is 2.88. The van der Waals surface area contributed by atoms with Crippen molar-refractivity contribution < 1.29 is 17.9 Å². The van der Waals surface area contributed by atoms with Gasteiger partial charge in [0.05, 0.1) is 19.3 Å². The fraction of sp³-hybridized carbons (Fsp3) is 0.300. The van der Waals surface area contributed by atoms with Crippen LogP contribution < -0.4 is 0 Å². The molecule has 1 amide bonds. The predicted octanol–water partition coefficient (Wildman–Crippen LogP) is 4.22. The third-order valence-electron chi connectivity index (χ3n) is 4.40. The van der Waals surface area contributed by atoms with E-state index in [1.54, 1.807) is 23.2 Å². The fourth-order valence-corrected chi connectivity index (χ4v) is 4.90. The summed E-state index contributed by atoms with van der Waals surface area (Å²) in [5.74, 6) is 0. The second-order valence-electron chi connectivity index (χ2n) is 7.46. The second-order valence-corrected chi connectivity index (χ2v) is 10.1. The first-order valence-electron chi connectivity index (χ1n) is 8.89. The number of amides is 1. The molecule has 0 bridgehead atoms. The van der Waals surface area contributed by atoms with Gasteiger partial charge in [-0.25, -0.2) is 17.2 Å². The zero-order chi connectivity index (χ0) is 21.2. The monoisotopic (exact) mass is 433 g/mol. The molecule has 9 heteroatoms. The predicted molar refractivity (Wildman–Crippen MR) is 112 cm³/mol. The number of rotatable bonds is 5. The van der Waals surface area contributed by atoms with Gasteiger partial charge < -0.3 is 4.74 Å². The summed E-state index contributed by atoms with van der Waals surface area (Å²) >= 11 is 1.48. The van der Waals surface area contributed by atoms with Crippen LogP contribution in [0.3, 0.4) is 0 Å². The molecule has 0 aromatic carbocycles. The summed E-state index contributed by atoms with van der Waals surface area (Å²) in [6, 6.07) is 6.74. The SMILES string of the molecule is COC(=O)N(Cc1cc(-c2ccsc2)n(S(=O)(=O)c2cccnc2)c1)C(C)(C)C. The molecule has 0 aliphatic rings. The Labute approximate surface area is 174 Å². The Bertz CT molecular complexity index is 1080. The van der Waals surface area contributed by atoms with Gasteiger partial charge in [-0.05, 0) is 56.0 Å². The molecule has 0 saturated heterocycles. The van der Waals surface area contributed by atoms with Crippen LogP contribution >= 0.6 is 11.3 Å². The highest BCUT2D eigenvalue weighted by Crippen LogP contribution is 2.30. The molecule has 0 aliphatic carbocycles. The summed E-state index contributed by atoms with van der Waals surface area (Å²) in [4.78, 5) is 17.9. The molecule has 3 aromatic heterocycles. The van der Waals surface area contributed by atoms with Gasteiger partial charge in [0.15, 0.2) is 0 Å². The Morgan fingerprint density at radius 1 is 1.31 bits per heavy atom. The van der Waals surface area contributed by atoms with Crippen LogP contribution in [0.15, 0.2) is 58.5 Å². The van der Waals surface area contributed by atoms with E-state index in [-0.39, 0.29) is 11.4 Å². The van der Waals surface area contributed by atoms with E-state index in [2.05, 4.69) is 4.98 Å². The third-order valence-corrected chi connectivity index (χ3v) is 6.74. The van der Waals surface area contributed by atoms with Gasteiger partial charge in [-0.3, -0.25) is 9.88 Å². The number of carbonyl (C=O) groups excluding carboxylic acids is 1. The van der Waals surface area contributed by atoms with Gasteiger partial charge in [0.25, 0.3) is 10.0 Å². The third kappa shape index (κ3) is 4.35. The quantitative estimate of drug-likeness (QED) is 0.602. The molecule has 0 aliphatic heterocycles. The molecule has 0 atom stereocenters. The standard InChI is InChI=1S/C20H23N3O4S2/c1-20(2,3)22(19(24)27-4)12-15-10-18(16-7-9-28-14-16)23(13-15)29(25,26)17-6-5-8-21-11-17/h5-11,13-14H,12H2,1-4H3. The smallest absolute Gasteiger partial charge is 0.410 e. The number of carbonyl (C=O) groups is 1. The number of methoxy groups -OCH3 is 1. The topological polar surface area (TPSA) is 81.5 Å². The van der Waals surface area contributed by atoms with Crippen LogP contribution in [-0.2, 0) is 21.3 Å². The maximum atomic E-state index is 13.3. The Morgan fingerprint density at radius 3 is 2.62 bits per heavy atom. The number of aromatic nitrogens is 2. The van der Waals surface area contributed by atoms with Crippen LogP contribution in [0.1, 0.15) is 26.3 Å². The van der Waals surface area contributed by atoms with E-state index in [0.29, 0.717) is 11.3 Å². The molecule has 0 unspecified atom stereocenters. The summed E-state index contributed by atoms with van der Waals surface area (Å²) in [6.07, 6.45) is 3.93. The zero-order valence-corrected chi connectivity index (χ0v) is 18.3. The molecule has 3 aromatic rings. The van der Waals surface area contributed by atoms with E-state index in [1.807, 2.05) is 37.6 Å². The molecule has 29 heavy (non-hydrogen) atoms. The second kappa shape index (κ2) is 8.00. The van der Waals surface area contributed by atoms with Gasteiger partial charge in [0.1, 0.15) is 4.90 Å². The highest BCUT2D eigenvalue weighted by molar-refractivity contribution is 7.90. The van der Waals surface area contributed by atoms with Crippen molar-refractivity contribution in [2.75, 3.05) is 7.11 Å². The molecule has 0 spiro atoms. The summed E-state index contributed by atoms with van der Waals surface area (Å²) in [6.45, 7) is 5.90. The van der Waals surface area contributed by atoms with Crippen molar-refractivity contribution >= 4 is 27.5 Å². The molecule has 0 fully saturated rings. The molecule has 154 valence electrons. The maximum Gasteiger partial charge on any atom is 0.410 e. The van der Waals surface area contributed by atoms with Crippen LogP contribution in [0.4, 0.5) is 4.79 Å². The summed E-state index contributed by atoms with van der Waals surface area (Å²) < 4.78 is 32.7. The Kier molecular flexibility index (Phi) is 5.81. The van der Waals surface area contributed by atoms with Crippen molar-refractivity contribution in [1.82, 2.24) is 13.9 Å².